The normalized spacial score (nSPS) is 10.3. The molecule has 0 aliphatic carbocycles. The molecule has 0 radical (unpaired) electrons. The van der Waals surface area contributed by atoms with E-state index in [0.29, 0.717) is 11.3 Å². The van der Waals surface area contributed by atoms with Gasteiger partial charge in [-0.1, -0.05) is 6.07 Å². The van der Waals surface area contributed by atoms with Gasteiger partial charge in [0.2, 0.25) is 5.91 Å². The van der Waals surface area contributed by atoms with Crippen molar-refractivity contribution in [1.82, 2.24) is 4.90 Å². The summed E-state index contributed by atoms with van der Waals surface area (Å²) in [6, 6.07) is 3.87. The van der Waals surface area contributed by atoms with Gasteiger partial charge in [0.15, 0.2) is 0 Å². The highest BCUT2D eigenvalue weighted by molar-refractivity contribution is 5.96. The number of aromatic carboxylic acids is 1. The van der Waals surface area contributed by atoms with E-state index in [1.54, 1.807) is 32.9 Å². The molecular weight excluding hydrogens is 274 g/mol. The SMILES string of the molecule is Cc1c(NC(=O)N(CC(N)=O)C(C)C)cccc1C(=O)O. The van der Waals surface area contributed by atoms with Gasteiger partial charge >= 0.3 is 12.0 Å². The molecule has 0 aromatic heterocycles. The minimum atomic E-state index is -1.07. The molecular formula is C14H19N3O4. The minimum Gasteiger partial charge on any atom is -0.478 e. The Labute approximate surface area is 122 Å². The van der Waals surface area contributed by atoms with Crippen LogP contribution in [0.15, 0.2) is 18.2 Å². The van der Waals surface area contributed by atoms with Gasteiger partial charge in [-0.3, -0.25) is 4.79 Å². The molecule has 1 aromatic carbocycles. The molecule has 0 atom stereocenters. The number of amides is 3. The molecule has 0 aliphatic heterocycles. The average molecular weight is 293 g/mol. The first kappa shape index (κ1) is 16.5. The lowest BCUT2D eigenvalue weighted by atomic mass is 10.1. The molecule has 0 heterocycles. The number of anilines is 1. The van der Waals surface area contributed by atoms with E-state index in [4.69, 9.17) is 10.8 Å². The minimum absolute atomic E-state index is 0.110. The molecule has 0 spiro atoms. The molecule has 21 heavy (non-hydrogen) atoms. The summed E-state index contributed by atoms with van der Waals surface area (Å²) >= 11 is 0. The number of rotatable bonds is 5. The summed E-state index contributed by atoms with van der Waals surface area (Å²) in [4.78, 5) is 35.5. The number of hydrogen-bond acceptors (Lipinski definition) is 3. The summed E-state index contributed by atoms with van der Waals surface area (Å²) in [6.07, 6.45) is 0. The first-order valence-electron chi connectivity index (χ1n) is 6.42. The fourth-order valence-corrected chi connectivity index (χ4v) is 1.85. The number of primary amides is 1. The molecule has 0 aliphatic rings. The van der Waals surface area contributed by atoms with Crippen LogP contribution < -0.4 is 11.1 Å². The van der Waals surface area contributed by atoms with E-state index >= 15 is 0 Å². The summed E-state index contributed by atoms with van der Waals surface area (Å²) in [5, 5.41) is 11.7. The van der Waals surface area contributed by atoms with Crippen molar-refractivity contribution in [2.24, 2.45) is 5.73 Å². The Hall–Kier alpha value is -2.57. The largest absolute Gasteiger partial charge is 0.478 e. The Morgan fingerprint density at radius 3 is 2.43 bits per heavy atom. The predicted molar refractivity (Wildman–Crippen MR) is 78.2 cm³/mol. The molecule has 0 bridgehead atoms. The van der Waals surface area contributed by atoms with Crippen LogP contribution in [-0.4, -0.2) is 40.5 Å². The lowest BCUT2D eigenvalue weighted by Gasteiger charge is -2.26. The Kier molecular flexibility index (Phi) is 5.29. The second-order valence-electron chi connectivity index (χ2n) is 4.90. The highest BCUT2D eigenvalue weighted by Gasteiger charge is 2.20. The van der Waals surface area contributed by atoms with E-state index < -0.39 is 17.9 Å². The van der Waals surface area contributed by atoms with Crippen LogP contribution in [0.3, 0.4) is 0 Å². The Morgan fingerprint density at radius 1 is 1.33 bits per heavy atom. The number of benzene rings is 1. The Morgan fingerprint density at radius 2 is 1.95 bits per heavy atom. The number of hydrogen-bond donors (Lipinski definition) is 3. The van der Waals surface area contributed by atoms with E-state index in [0.717, 1.165) is 0 Å². The molecule has 0 unspecified atom stereocenters. The van der Waals surface area contributed by atoms with Gasteiger partial charge in [-0.15, -0.1) is 0 Å². The third-order valence-electron chi connectivity index (χ3n) is 3.02. The molecule has 1 aromatic rings. The van der Waals surface area contributed by atoms with Crippen molar-refractivity contribution in [3.05, 3.63) is 29.3 Å². The van der Waals surface area contributed by atoms with E-state index in [-0.39, 0.29) is 18.2 Å². The highest BCUT2D eigenvalue weighted by atomic mass is 16.4. The van der Waals surface area contributed by atoms with Gasteiger partial charge in [0, 0.05) is 11.7 Å². The van der Waals surface area contributed by atoms with Crippen molar-refractivity contribution in [3.8, 4) is 0 Å². The van der Waals surface area contributed by atoms with Crippen molar-refractivity contribution in [1.29, 1.82) is 0 Å². The topological polar surface area (TPSA) is 113 Å². The van der Waals surface area contributed by atoms with Crippen LogP contribution in [0.4, 0.5) is 10.5 Å². The van der Waals surface area contributed by atoms with Crippen molar-refractivity contribution >= 4 is 23.6 Å². The van der Waals surface area contributed by atoms with Gasteiger partial charge in [-0.2, -0.15) is 0 Å². The number of carbonyl (C=O) groups is 3. The van der Waals surface area contributed by atoms with Gasteiger partial charge in [-0.25, -0.2) is 9.59 Å². The molecule has 0 fully saturated rings. The van der Waals surface area contributed by atoms with Crippen molar-refractivity contribution in [3.63, 3.8) is 0 Å². The monoisotopic (exact) mass is 293 g/mol. The standard InChI is InChI=1S/C14H19N3O4/c1-8(2)17(7-12(15)18)14(21)16-11-6-4-5-10(9(11)3)13(19)20/h4-6,8H,7H2,1-3H3,(H2,15,18)(H,16,21)(H,19,20). The van der Waals surface area contributed by atoms with Crippen LogP contribution in [0.1, 0.15) is 29.8 Å². The number of carbonyl (C=O) groups excluding carboxylic acids is 2. The van der Waals surface area contributed by atoms with E-state index in [1.807, 2.05) is 0 Å². The summed E-state index contributed by atoms with van der Waals surface area (Å²) in [5.41, 5.74) is 6.06. The van der Waals surface area contributed by atoms with Gasteiger partial charge in [-0.05, 0) is 38.5 Å². The molecule has 3 amide bonds. The fraction of sp³-hybridized carbons (Fsp3) is 0.357. The molecule has 1 rings (SSSR count). The van der Waals surface area contributed by atoms with Crippen LogP contribution in [0.25, 0.3) is 0 Å². The van der Waals surface area contributed by atoms with Crippen LogP contribution >= 0.6 is 0 Å². The van der Waals surface area contributed by atoms with Crippen molar-refractivity contribution < 1.29 is 19.5 Å². The van der Waals surface area contributed by atoms with Crippen LogP contribution in [0, 0.1) is 6.92 Å². The smallest absolute Gasteiger partial charge is 0.336 e. The lowest BCUT2D eigenvalue weighted by molar-refractivity contribution is -0.118. The number of nitrogens with two attached hydrogens (primary N) is 1. The van der Waals surface area contributed by atoms with E-state index in [9.17, 15) is 14.4 Å². The number of urea groups is 1. The van der Waals surface area contributed by atoms with Crippen molar-refractivity contribution in [2.75, 3.05) is 11.9 Å². The molecule has 0 saturated carbocycles. The number of carboxylic acids is 1. The summed E-state index contributed by atoms with van der Waals surface area (Å²) in [5.74, 6) is -1.68. The molecule has 0 saturated heterocycles. The lowest BCUT2D eigenvalue weighted by Crippen LogP contribution is -2.45. The van der Waals surface area contributed by atoms with Crippen LogP contribution in [0.5, 0.6) is 0 Å². The zero-order chi connectivity index (χ0) is 16.2. The zero-order valence-electron chi connectivity index (χ0n) is 12.2. The van der Waals surface area contributed by atoms with Crippen LogP contribution in [-0.2, 0) is 4.79 Å². The predicted octanol–water partition coefficient (Wildman–Crippen LogP) is 1.42. The first-order valence-corrected chi connectivity index (χ1v) is 6.42. The average Bonchev–Trinajstić information content (AvgIpc) is 2.37. The zero-order valence-corrected chi connectivity index (χ0v) is 12.2. The molecule has 7 nitrogen and oxygen atoms in total. The van der Waals surface area contributed by atoms with Gasteiger partial charge in [0.05, 0.1) is 5.56 Å². The summed E-state index contributed by atoms with van der Waals surface area (Å²) in [7, 11) is 0. The maximum absolute atomic E-state index is 12.2. The highest BCUT2D eigenvalue weighted by Crippen LogP contribution is 2.19. The third-order valence-corrected chi connectivity index (χ3v) is 3.02. The fourth-order valence-electron chi connectivity index (χ4n) is 1.85. The maximum atomic E-state index is 12.2. The quantitative estimate of drug-likeness (QED) is 0.762. The number of nitrogens with zero attached hydrogens (tertiary/aromatic N) is 1. The van der Waals surface area contributed by atoms with Crippen LogP contribution in [0.2, 0.25) is 0 Å². The van der Waals surface area contributed by atoms with E-state index in [2.05, 4.69) is 5.32 Å². The molecule has 7 heteroatoms. The second-order valence-corrected chi connectivity index (χ2v) is 4.90. The maximum Gasteiger partial charge on any atom is 0.336 e. The van der Waals surface area contributed by atoms with Gasteiger partial charge in [0.25, 0.3) is 0 Å². The summed E-state index contributed by atoms with van der Waals surface area (Å²) in [6.45, 7) is 4.90. The van der Waals surface area contributed by atoms with Gasteiger partial charge < -0.3 is 21.1 Å². The molecule has 4 N–H and O–H groups in total. The number of carboxylic acid groups (broad SMARTS) is 1. The first-order chi connectivity index (χ1) is 9.73. The Bertz CT molecular complexity index is 569. The molecule has 114 valence electrons. The van der Waals surface area contributed by atoms with E-state index in [1.165, 1.54) is 11.0 Å². The summed E-state index contributed by atoms with van der Waals surface area (Å²) < 4.78 is 0. The van der Waals surface area contributed by atoms with Gasteiger partial charge in [0.1, 0.15) is 6.54 Å². The third kappa shape index (κ3) is 4.20. The number of nitrogens with one attached hydrogen (secondary N) is 1. The van der Waals surface area contributed by atoms with Crippen molar-refractivity contribution in [2.45, 2.75) is 26.8 Å². The Balaban J connectivity index is 2.99. The second kappa shape index (κ2) is 6.74.